The van der Waals surface area contributed by atoms with Crippen LogP contribution in [0.15, 0.2) is 60.7 Å². The molecule has 3 aromatic carbocycles. The van der Waals surface area contributed by atoms with Crippen LogP contribution >= 0.6 is 11.3 Å². The van der Waals surface area contributed by atoms with Crippen molar-refractivity contribution in [3.63, 3.8) is 0 Å². The number of aromatic nitrogens is 4. The average Bonchev–Trinajstić information content (AvgIpc) is 3.62. The van der Waals surface area contributed by atoms with Crippen LogP contribution in [0, 0.1) is 15.9 Å². The highest BCUT2D eigenvalue weighted by atomic mass is 32.1. The lowest BCUT2D eigenvalue weighted by Gasteiger charge is -2.36. The molecule has 1 saturated carbocycles. The van der Waals surface area contributed by atoms with Crippen LogP contribution in [0.2, 0.25) is 0 Å². The monoisotopic (exact) mass is 584 g/mol. The average molecular weight is 585 g/mol. The van der Waals surface area contributed by atoms with Gasteiger partial charge in [-0.2, -0.15) is 0 Å². The van der Waals surface area contributed by atoms with Crippen LogP contribution in [0.5, 0.6) is 0 Å². The topological polar surface area (TPSA) is 105 Å². The van der Waals surface area contributed by atoms with Gasteiger partial charge in [0.2, 0.25) is 5.13 Å². The molecule has 42 heavy (non-hydrogen) atoms. The summed E-state index contributed by atoms with van der Waals surface area (Å²) in [7, 11) is 0. The highest BCUT2D eigenvalue weighted by Crippen LogP contribution is 2.44. The zero-order valence-corrected chi connectivity index (χ0v) is 23.9. The first-order valence-corrected chi connectivity index (χ1v) is 14.9. The Balaban J connectivity index is 1.29. The summed E-state index contributed by atoms with van der Waals surface area (Å²) in [6, 6.07) is 17.6. The Morgan fingerprint density at radius 1 is 1.02 bits per heavy atom. The van der Waals surface area contributed by atoms with Gasteiger partial charge in [-0.05, 0) is 55.8 Å². The molecule has 10 nitrogen and oxygen atoms in total. The number of anilines is 3. The van der Waals surface area contributed by atoms with E-state index in [1.54, 1.807) is 24.3 Å². The smallest absolute Gasteiger partial charge is 0.269 e. The van der Waals surface area contributed by atoms with Gasteiger partial charge >= 0.3 is 0 Å². The van der Waals surface area contributed by atoms with Crippen LogP contribution in [0.4, 0.5) is 26.6 Å². The third kappa shape index (κ3) is 5.07. The summed E-state index contributed by atoms with van der Waals surface area (Å²) in [5.74, 6) is 0.501. The largest absolute Gasteiger partial charge is 0.367 e. The Bertz CT molecular complexity index is 1770. The number of rotatable bonds is 8. The molecule has 0 atom stereocenters. The number of non-ortho nitro benzene ring substituents is 1. The second-order valence-corrected chi connectivity index (χ2v) is 11.6. The van der Waals surface area contributed by atoms with Crippen molar-refractivity contribution in [1.82, 2.24) is 24.6 Å². The maximum absolute atomic E-state index is 14.2. The SMILES string of the molecule is CCN1CCN(c2cc3c(cc2Nc2nnc(-c4ccc([N+](=O)[O-])cc4)s2)nc(-c2cccc(F)c2)n3C2CC2)CC1. The summed E-state index contributed by atoms with van der Waals surface area (Å²) in [5, 5.41) is 24.6. The first kappa shape index (κ1) is 26.5. The van der Waals surface area contributed by atoms with Gasteiger partial charge in [0.25, 0.3) is 5.69 Å². The number of nitrogens with one attached hydrogen (secondary N) is 1. The molecular formula is C30H29FN8O2S. The van der Waals surface area contributed by atoms with E-state index in [-0.39, 0.29) is 11.5 Å². The number of likely N-dealkylation sites (N-methyl/N-ethyl adjacent to an activating group) is 1. The molecule has 0 spiro atoms. The molecule has 5 aromatic rings. The van der Waals surface area contributed by atoms with Crippen molar-refractivity contribution in [3.05, 3.63) is 76.6 Å². The van der Waals surface area contributed by atoms with Crippen molar-refractivity contribution in [2.45, 2.75) is 25.8 Å². The Morgan fingerprint density at radius 2 is 1.81 bits per heavy atom. The minimum Gasteiger partial charge on any atom is -0.367 e. The van der Waals surface area contributed by atoms with Crippen LogP contribution < -0.4 is 10.2 Å². The van der Waals surface area contributed by atoms with Gasteiger partial charge in [-0.25, -0.2) is 9.37 Å². The molecule has 7 rings (SSSR count). The van der Waals surface area contributed by atoms with E-state index in [1.165, 1.54) is 29.5 Å². The summed E-state index contributed by atoms with van der Waals surface area (Å²) in [4.78, 5) is 20.5. The van der Waals surface area contributed by atoms with Crippen molar-refractivity contribution < 1.29 is 9.31 Å². The normalized spacial score (nSPS) is 15.8. The summed E-state index contributed by atoms with van der Waals surface area (Å²) >= 11 is 1.38. The maximum atomic E-state index is 14.2. The number of halogens is 1. The highest BCUT2D eigenvalue weighted by molar-refractivity contribution is 7.18. The van der Waals surface area contributed by atoms with E-state index >= 15 is 0 Å². The van der Waals surface area contributed by atoms with Crippen LogP contribution in [-0.2, 0) is 0 Å². The molecule has 0 unspecified atom stereocenters. The molecule has 2 fully saturated rings. The minimum atomic E-state index is -0.418. The van der Waals surface area contributed by atoms with Gasteiger partial charge < -0.3 is 19.7 Å². The highest BCUT2D eigenvalue weighted by Gasteiger charge is 2.30. The van der Waals surface area contributed by atoms with Gasteiger partial charge in [-0.1, -0.05) is 30.4 Å². The van der Waals surface area contributed by atoms with Gasteiger partial charge in [0.15, 0.2) is 0 Å². The van der Waals surface area contributed by atoms with Crippen molar-refractivity contribution in [3.8, 4) is 22.0 Å². The Morgan fingerprint density at radius 3 is 2.50 bits per heavy atom. The fourth-order valence-corrected chi connectivity index (χ4v) is 6.32. The predicted molar refractivity (Wildman–Crippen MR) is 163 cm³/mol. The molecule has 12 heteroatoms. The second kappa shape index (κ2) is 10.8. The zero-order chi connectivity index (χ0) is 28.8. The number of hydrogen-bond acceptors (Lipinski definition) is 9. The first-order valence-electron chi connectivity index (χ1n) is 14.1. The molecule has 3 heterocycles. The number of benzene rings is 3. The molecule has 1 N–H and O–H groups in total. The number of nitrogens with zero attached hydrogens (tertiary/aromatic N) is 7. The molecule has 1 aliphatic heterocycles. The molecule has 1 saturated heterocycles. The summed E-state index contributed by atoms with van der Waals surface area (Å²) in [5.41, 5.74) is 5.38. The lowest BCUT2D eigenvalue weighted by Crippen LogP contribution is -2.46. The quantitative estimate of drug-likeness (QED) is 0.163. The Kier molecular flexibility index (Phi) is 6.79. The van der Waals surface area contributed by atoms with E-state index in [1.807, 2.05) is 6.07 Å². The Labute approximate surface area is 245 Å². The predicted octanol–water partition coefficient (Wildman–Crippen LogP) is 6.49. The fourth-order valence-electron chi connectivity index (χ4n) is 5.56. The van der Waals surface area contributed by atoms with E-state index in [4.69, 9.17) is 4.98 Å². The summed E-state index contributed by atoms with van der Waals surface area (Å²) in [6.07, 6.45) is 2.16. The van der Waals surface area contributed by atoms with E-state index in [0.29, 0.717) is 16.2 Å². The first-order chi connectivity index (χ1) is 20.5. The third-order valence-electron chi connectivity index (χ3n) is 7.95. The number of piperazine rings is 1. The fraction of sp³-hybridized carbons (Fsp3) is 0.300. The van der Waals surface area contributed by atoms with E-state index in [0.717, 1.165) is 84.9 Å². The molecule has 214 valence electrons. The molecular weight excluding hydrogens is 555 g/mol. The van der Waals surface area contributed by atoms with Crippen molar-refractivity contribution in [1.29, 1.82) is 0 Å². The standard InChI is InChI=1S/C30H29FN8O2S/c1-2-36-12-14-37(15-13-36)26-18-27-25(32-28(38(27)22-10-11-22)20-4-3-5-21(31)16-20)17-24(26)33-30-35-34-29(42-30)19-6-8-23(9-7-19)39(40)41/h3-9,16-18,22H,2,10-15H2,1H3,(H,33,35). The molecule has 0 amide bonds. The van der Waals surface area contributed by atoms with Crippen LogP contribution in [-0.4, -0.2) is 62.3 Å². The van der Waals surface area contributed by atoms with Crippen LogP contribution in [0.1, 0.15) is 25.8 Å². The van der Waals surface area contributed by atoms with Gasteiger partial charge in [0, 0.05) is 55.5 Å². The van der Waals surface area contributed by atoms with Gasteiger partial charge in [0.05, 0.1) is 27.3 Å². The number of nitro benzene ring substituents is 1. The van der Waals surface area contributed by atoms with Crippen molar-refractivity contribution >= 4 is 44.6 Å². The van der Waals surface area contributed by atoms with E-state index in [2.05, 4.69) is 48.9 Å². The number of imidazole rings is 1. The molecule has 0 bridgehead atoms. The van der Waals surface area contributed by atoms with Crippen molar-refractivity contribution in [2.24, 2.45) is 0 Å². The number of nitro groups is 1. The molecule has 0 radical (unpaired) electrons. The molecule has 1 aliphatic carbocycles. The van der Waals surface area contributed by atoms with E-state index in [9.17, 15) is 14.5 Å². The summed E-state index contributed by atoms with van der Waals surface area (Å²) < 4.78 is 16.5. The summed E-state index contributed by atoms with van der Waals surface area (Å²) in [6.45, 7) is 6.97. The lowest BCUT2D eigenvalue weighted by atomic mass is 10.2. The zero-order valence-electron chi connectivity index (χ0n) is 23.0. The van der Waals surface area contributed by atoms with Crippen LogP contribution in [0.25, 0.3) is 33.0 Å². The van der Waals surface area contributed by atoms with Gasteiger partial charge in [0.1, 0.15) is 16.6 Å². The second-order valence-electron chi connectivity index (χ2n) is 10.7. The molecule has 2 aromatic heterocycles. The van der Waals surface area contributed by atoms with Crippen LogP contribution in [0.3, 0.4) is 0 Å². The number of hydrogen-bond donors (Lipinski definition) is 1. The van der Waals surface area contributed by atoms with Crippen molar-refractivity contribution in [2.75, 3.05) is 42.9 Å². The van der Waals surface area contributed by atoms with E-state index < -0.39 is 4.92 Å². The van der Waals surface area contributed by atoms with Gasteiger partial charge in [-0.15, -0.1) is 10.2 Å². The molecule has 2 aliphatic rings. The number of fused-ring (bicyclic) bond motifs is 1. The lowest BCUT2D eigenvalue weighted by molar-refractivity contribution is -0.384. The van der Waals surface area contributed by atoms with Gasteiger partial charge in [-0.3, -0.25) is 10.1 Å². The maximum Gasteiger partial charge on any atom is 0.269 e. The minimum absolute atomic E-state index is 0.0333. The Hall–Kier alpha value is -4.42. The third-order valence-corrected chi connectivity index (χ3v) is 8.84.